The summed E-state index contributed by atoms with van der Waals surface area (Å²) < 4.78 is 0. The van der Waals surface area contributed by atoms with Crippen molar-refractivity contribution in [2.24, 2.45) is 0 Å². The molecule has 0 amide bonds. The van der Waals surface area contributed by atoms with E-state index in [1.807, 2.05) is 0 Å². The van der Waals surface area contributed by atoms with Crippen LogP contribution < -0.4 is 0 Å². The van der Waals surface area contributed by atoms with Crippen molar-refractivity contribution in [2.75, 3.05) is 0 Å². The average Bonchev–Trinajstić information content (AvgIpc) is 2.32. The molecule has 0 saturated carbocycles. The summed E-state index contributed by atoms with van der Waals surface area (Å²) in [4.78, 5) is 0. The predicted molar refractivity (Wildman–Crippen MR) is 95.9 cm³/mol. The largest absolute Gasteiger partial charge is 0.682 e. The molecule has 0 heterocycles. The maximum atomic E-state index is 5.04. The molecule has 0 aromatic carbocycles. The third kappa shape index (κ3) is 4.72. The molecule has 1 aliphatic carbocycles. The molecule has 1 nitrogen and oxygen atoms in total. The summed E-state index contributed by atoms with van der Waals surface area (Å²) in [6.07, 6.45) is 0. The van der Waals surface area contributed by atoms with E-state index in [-0.39, 0.29) is 61.2 Å². The topological polar surface area (TPSA) is 14.1 Å². The maximum Gasteiger partial charge on any atom is 0.0451 e. The SMILES string of the molecule is CC1=C(C)C(C)([SiH](C)C)C([N-]C(C)(C)C)=C1C.Cl.Cl.[Hf]. The second kappa shape index (κ2) is 8.55. The Balaban J connectivity index is -0.000000963. The zero-order chi connectivity index (χ0) is 13.6. The molecule has 5 heteroatoms. The molecule has 1 unspecified atom stereocenters. The van der Waals surface area contributed by atoms with Crippen LogP contribution in [0.1, 0.15) is 48.5 Å². The number of rotatable bonds is 2. The van der Waals surface area contributed by atoms with E-state index in [2.05, 4.69) is 61.6 Å². The van der Waals surface area contributed by atoms with Gasteiger partial charge in [0.2, 0.25) is 0 Å². The first-order valence-electron chi connectivity index (χ1n) is 6.64. The number of nitrogens with zero attached hydrogens (tertiary/aromatic N) is 1. The Morgan fingerprint density at radius 2 is 1.35 bits per heavy atom. The van der Waals surface area contributed by atoms with Gasteiger partial charge < -0.3 is 5.32 Å². The van der Waals surface area contributed by atoms with Crippen LogP contribution in [-0.4, -0.2) is 14.3 Å². The summed E-state index contributed by atoms with van der Waals surface area (Å²) in [6, 6.07) is 0. The first-order valence-corrected chi connectivity index (χ1v) is 9.53. The van der Waals surface area contributed by atoms with Crippen LogP contribution in [0.15, 0.2) is 22.4 Å². The number of allylic oxidation sites excluding steroid dienone is 3. The Bertz CT molecular complexity index is 397. The Kier molecular flexibility index (Phi) is 11.1. The van der Waals surface area contributed by atoms with E-state index in [0.717, 1.165) is 0 Å². The molecule has 0 fully saturated rings. The van der Waals surface area contributed by atoms with Crippen molar-refractivity contribution < 1.29 is 25.8 Å². The van der Waals surface area contributed by atoms with Crippen LogP contribution in [0.3, 0.4) is 0 Å². The molecule has 1 rings (SSSR count). The third-order valence-corrected chi connectivity index (χ3v) is 7.37. The van der Waals surface area contributed by atoms with Crippen LogP contribution in [0.25, 0.3) is 5.32 Å². The van der Waals surface area contributed by atoms with Crippen molar-refractivity contribution >= 4 is 33.6 Å². The van der Waals surface area contributed by atoms with E-state index in [9.17, 15) is 0 Å². The molecular weight excluding hydrogens is 472 g/mol. The van der Waals surface area contributed by atoms with Crippen LogP contribution >= 0.6 is 24.8 Å². The van der Waals surface area contributed by atoms with Crippen LogP contribution in [0.4, 0.5) is 0 Å². The number of halogens is 2. The molecular formula is C15H30Cl2HfNSi-. The fourth-order valence-electron chi connectivity index (χ4n) is 2.66. The van der Waals surface area contributed by atoms with Gasteiger partial charge in [-0.1, -0.05) is 57.5 Å². The van der Waals surface area contributed by atoms with Crippen LogP contribution in [0, 0.1) is 0 Å². The monoisotopic (exact) mass is 502 g/mol. The van der Waals surface area contributed by atoms with Gasteiger partial charge in [-0.15, -0.1) is 30.4 Å². The summed E-state index contributed by atoms with van der Waals surface area (Å²) in [5, 5.41) is 5.29. The normalized spacial score (nSPS) is 22.3. The van der Waals surface area contributed by atoms with Crippen molar-refractivity contribution in [1.82, 2.24) is 0 Å². The summed E-state index contributed by atoms with van der Waals surface area (Å²) in [6.45, 7) is 20.7. The molecule has 0 bridgehead atoms. The van der Waals surface area contributed by atoms with Gasteiger partial charge in [0.05, 0.1) is 0 Å². The molecule has 1 atom stereocenters. The third-order valence-electron chi connectivity index (χ3n) is 4.35. The zero-order valence-electron chi connectivity index (χ0n) is 14.3. The first kappa shape index (κ1) is 25.9. The Hall–Kier alpha value is 0.947. The summed E-state index contributed by atoms with van der Waals surface area (Å²) in [5.74, 6) is 0. The minimum absolute atomic E-state index is 0. The Morgan fingerprint density at radius 1 is 0.950 bits per heavy atom. The summed E-state index contributed by atoms with van der Waals surface area (Å²) >= 11 is 0. The summed E-state index contributed by atoms with van der Waals surface area (Å²) in [7, 11) is -0.830. The second-order valence-electron chi connectivity index (χ2n) is 6.86. The van der Waals surface area contributed by atoms with E-state index in [4.69, 9.17) is 5.32 Å². The quantitative estimate of drug-likeness (QED) is 0.420. The fraction of sp³-hybridized carbons (Fsp3) is 0.733. The van der Waals surface area contributed by atoms with Crippen molar-refractivity contribution in [3.63, 3.8) is 0 Å². The van der Waals surface area contributed by atoms with Crippen molar-refractivity contribution in [2.45, 2.75) is 72.1 Å². The van der Waals surface area contributed by atoms with Crippen molar-refractivity contribution in [1.29, 1.82) is 0 Å². The second-order valence-corrected chi connectivity index (χ2v) is 10.3. The van der Waals surface area contributed by atoms with E-state index < -0.39 is 8.80 Å². The van der Waals surface area contributed by atoms with Gasteiger partial charge in [-0.2, -0.15) is 5.70 Å². The molecule has 0 spiro atoms. The molecule has 0 aromatic rings. The molecule has 1 aliphatic rings. The van der Waals surface area contributed by atoms with Gasteiger partial charge in [0, 0.05) is 34.6 Å². The van der Waals surface area contributed by atoms with Crippen molar-refractivity contribution in [3.8, 4) is 0 Å². The van der Waals surface area contributed by atoms with E-state index >= 15 is 0 Å². The van der Waals surface area contributed by atoms with E-state index in [1.165, 1.54) is 16.8 Å². The maximum absolute atomic E-state index is 5.04. The fourth-order valence-corrected chi connectivity index (χ4v) is 4.57. The molecule has 118 valence electrons. The minimum atomic E-state index is -0.830. The molecule has 20 heavy (non-hydrogen) atoms. The minimum Gasteiger partial charge on any atom is -0.682 e. The van der Waals surface area contributed by atoms with E-state index in [0.29, 0.717) is 0 Å². The smallest absolute Gasteiger partial charge is 0.0451 e. The molecule has 0 aromatic heterocycles. The van der Waals surface area contributed by atoms with E-state index in [1.54, 1.807) is 5.57 Å². The van der Waals surface area contributed by atoms with Gasteiger partial charge >= 0.3 is 0 Å². The number of hydrogen-bond donors (Lipinski definition) is 0. The molecule has 0 saturated heterocycles. The Morgan fingerprint density at radius 3 is 1.65 bits per heavy atom. The first-order chi connectivity index (χ1) is 7.51. The Labute approximate surface area is 158 Å². The van der Waals surface area contributed by atoms with Gasteiger partial charge in [-0.05, 0) is 25.8 Å². The average molecular weight is 502 g/mol. The number of hydrogen-bond acceptors (Lipinski definition) is 0. The standard InChI is InChI=1S/C15H28NSi.2ClH.Hf/c1-10-11(2)13(16-14(4,5)6)15(7,12(10)3)17(8)9;;;/h17H,1-9H3;2*1H;/q-1;;;. The van der Waals surface area contributed by atoms with Gasteiger partial charge in [0.1, 0.15) is 0 Å². The molecule has 0 radical (unpaired) electrons. The van der Waals surface area contributed by atoms with Gasteiger partial charge in [0.25, 0.3) is 0 Å². The molecule has 0 N–H and O–H groups in total. The van der Waals surface area contributed by atoms with Crippen LogP contribution in [-0.2, 0) is 25.8 Å². The van der Waals surface area contributed by atoms with Gasteiger partial charge in [0.15, 0.2) is 0 Å². The zero-order valence-corrected chi connectivity index (χ0v) is 20.7. The van der Waals surface area contributed by atoms with Crippen LogP contribution in [0.5, 0.6) is 0 Å². The van der Waals surface area contributed by atoms with Crippen LogP contribution in [0.2, 0.25) is 18.1 Å². The van der Waals surface area contributed by atoms with Crippen molar-refractivity contribution in [3.05, 3.63) is 27.7 Å². The summed E-state index contributed by atoms with van der Waals surface area (Å²) in [5.41, 5.74) is 5.82. The predicted octanol–water partition coefficient (Wildman–Crippen LogP) is 5.87. The van der Waals surface area contributed by atoms with Gasteiger partial charge in [-0.25, -0.2) is 0 Å². The van der Waals surface area contributed by atoms with Gasteiger partial charge in [-0.3, -0.25) is 0 Å². The molecule has 0 aliphatic heterocycles.